The van der Waals surface area contributed by atoms with Crippen LogP contribution in [-0.4, -0.2) is 35.6 Å². The van der Waals surface area contributed by atoms with E-state index in [-0.39, 0.29) is 30.1 Å². The fraction of sp³-hybridized carbons (Fsp3) is 0.385. The zero-order valence-corrected chi connectivity index (χ0v) is 11.3. The van der Waals surface area contributed by atoms with Gasteiger partial charge in [-0.25, -0.2) is 0 Å². The number of nitro groups is 1. The lowest BCUT2D eigenvalue weighted by Crippen LogP contribution is -2.27. The van der Waals surface area contributed by atoms with Crippen molar-refractivity contribution in [2.75, 3.05) is 18.6 Å². The van der Waals surface area contributed by atoms with Gasteiger partial charge in [-0.3, -0.25) is 19.7 Å². The lowest BCUT2D eigenvalue weighted by Gasteiger charge is -2.19. The van der Waals surface area contributed by atoms with Gasteiger partial charge in [0.15, 0.2) is 0 Å². The summed E-state index contributed by atoms with van der Waals surface area (Å²) in [5, 5.41) is 20.1. The molecule has 0 spiro atoms. The summed E-state index contributed by atoms with van der Waals surface area (Å²) in [5.41, 5.74) is 0.474. The number of ether oxygens (including phenoxy) is 1. The minimum absolute atomic E-state index is 0.0224. The van der Waals surface area contributed by atoms with Crippen LogP contribution in [0.1, 0.15) is 12.0 Å². The number of hydrogen-bond donors (Lipinski definition) is 1. The molecule has 1 heterocycles. The van der Waals surface area contributed by atoms with E-state index in [2.05, 4.69) is 4.74 Å². The van der Waals surface area contributed by atoms with Crippen molar-refractivity contribution in [1.82, 2.24) is 0 Å². The molecular formula is C13H14N2O6. The van der Waals surface area contributed by atoms with Crippen molar-refractivity contribution >= 4 is 23.3 Å². The van der Waals surface area contributed by atoms with Crippen LogP contribution < -0.4 is 4.90 Å². The molecule has 0 aliphatic carbocycles. The first-order valence-electron chi connectivity index (χ1n) is 6.24. The van der Waals surface area contributed by atoms with Crippen LogP contribution in [0.5, 0.6) is 0 Å². The second-order valence-electron chi connectivity index (χ2n) is 4.66. The molecule has 1 aromatic rings. The summed E-state index contributed by atoms with van der Waals surface area (Å²) in [6.45, 7) is -0.306. The summed E-state index contributed by atoms with van der Waals surface area (Å²) >= 11 is 0. The molecule has 1 atom stereocenters. The van der Waals surface area contributed by atoms with Crippen molar-refractivity contribution in [2.45, 2.75) is 13.0 Å². The molecule has 2 rings (SSSR count). The van der Waals surface area contributed by atoms with Gasteiger partial charge in [-0.1, -0.05) is 0 Å². The number of rotatable bonds is 4. The minimum Gasteiger partial charge on any atom is -0.469 e. The molecule has 1 aromatic carbocycles. The first-order valence-corrected chi connectivity index (χ1v) is 6.24. The number of aliphatic hydroxyl groups is 1. The van der Waals surface area contributed by atoms with Crippen LogP contribution >= 0.6 is 0 Å². The number of methoxy groups -OCH3 is 1. The van der Waals surface area contributed by atoms with Crippen LogP contribution in [0.15, 0.2) is 18.2 Å². The molecule has 1 N–H and O–H groups in total. The maximum atomic E-state index is 12.0. The number of hydrogen-bond acceptors (Lipinski definition) is 6. The van der Waals surface area contributed by atoms with Crippen LogP contribution in [0.4, 0.5) is 11.4 Å². The predicted molar refractivity (Wildman–Crippen MR) is 71.5 cm³/mol. The summed E-state index contributed by atoms with van der Waals surface area (Å²) in [6, 6.07) is 3.88. The minimum atomic E-state index is -0.577. The topological polar surface area (TPSA) is 110 Å². The van der Waals surface area contributed by atoms with Crippen LogP contribution in [0.2, 0.25) is 0 Å². The molecule has 0 aromatic heterocycles. The highest BCUT2D eigenvalue weighted by molar-refractivity contribution is 6.00. The normalized spacial score (nSPS) is 17.9. The van der Waals surface area contributed by atoms with Gasteiger partial charge in [0.2, 0.25) is 5.91 Å². The monoisotopic (exact) mass is 294 g/mol. The van der Waals surface area contributed by atoms with Crippen molar-refractivity contribution in [3.8, 4) is 0 Å². The first-order chi connectivity index (χ1) is 9.97. The van der Waals surface area contributed by atoms with E-state index in [0.29, 0.717) is 5.69 Å². The number of esters is 1. The molecule has 1 unspecified atom stereocenters. The Morgan fingerprint density at radius 3 is 2.86 bits per heavy atom. The van der Waals surface area contributed by atoms with E-state index in [0.717, 1.165) is 0 Å². The number of aliphatic hydroxyl groups excluding tert-OH is 1. The molecule has 112 valence electrons. The molecule has 8 nitrogen and oxygen atoms in total. The van der Waals surface area contributed by atoms with Gasteiger partial charge in [0.05, 0.1) is 24.6 Å². The van der Waals surface area contributed by atoms with Crippen molar-refractivity contribution < 1.29 is 24.4 Å². The molecule has 21 heavy (non-hydrogen) atoms. The molecule has 1 saturated heterocycles. The average Bonchev–Trinajstić information content (AvgIpc) is 2.87. The predicted octanol–water partition coefficient (Wildman–Crippen LogP) is 0.613. The van der Waals surface area contributed by atoms with Gasteiger partial charge in [-0.05, 0) is 6.07 Å². The number of amides is 1. The number of non-ortho nitro benzene ring substituents is 1. The zero-order chi connectivity index (χ0) is 15.6. The van der Waals surface area contributed by atoms with E-state index >= 15 is 0 Å². The standard InChI is InChI=1S/C13H14N2O6/c1-21-13(18)8-5-12(17)14(6-8)11-3-2-10(15(19)20)4-9(11)7-16/h2-4,8,16H,5-7H2,1H3. The molecule has 1 fully saturated rings. The quantitative estimate of drug-likeness (QED) is 0.495. The molecule has 1 aliphatic rings. The molecular weight excluding hydrogens is 280 g/mol. The van der Waals surface area contributed by atoms with Gasteiger partial charge in [-0.2, -0.15) is 0 Å². The van der Waals surface area contributed by atoms with Gasteiger partial charge in [0.1, 0.15) is 0 Å². The van der Waals surface area contributed by atoms with Gasteiger partial charge >= 0.3 is 5.97 Å². The largest absolute Gasteiger partial charge is 0.469 e. The zero-order valence-electron chi connectivity index (χ0n) is 11.3. The van der Waals surface area contributed by atoms with E-state index in [4.69, 9.17) is 0 Å². The Balaban J connectivity index is 2.32. The second-order valence-corrected chi connectivity index (χ2v) is 4.66. The molecule has 0 saturated carbocycles. The van der Waals surface area contributed by atoms with Gasteiger partial charge in [0, 0.05) is 36.3 Å². The maximum Gasteiger partial charge on any atom is 0.311 e. The first kappa shape index (κ1) is 14.9. The fourth-order valence-corrected chi connectivity index (χ4v) is 2.34. The number of carbonyl (C=O) groups is 2. The summed E-state index contributed by atoms with van der Waals surface area (Å²) in [6.07, 6.45) is 0.0224. The highest BCUT2D eigenvalue weighted by Crippen LogP contribution is 2.31. The van der Waals surface area contributed by atoms with Gasteiger partial charge in [-0.15, -0.1) is 0 Å². The average molecular weight is 294 g/mol. The Morgan fingerprint density at radius 1 is 1.57 bits per heavy atom. The lowest BCUT2D eigenvalue weighted by molar-refractivity contribution is -0.384. The molecule has 0 radical (unpaired) electrons. The van der Waals surface area contributed by atoms with Crippen LogP contribution in [0.25, 0.3) is 0 Å². The molecule has 8 heteroatoms. The highest BCUT2D eigenvalue weighted by Gasteiger charge is 2.36. The van der Waals surface area contributed by atoms with Crippen molar-refractivity contribution in [1.29, 1.82) is 0 Å². The Bertz CT molecular complexity index is 600. The molecule has 1 amide bonds. The van der Waals surface area contributed by atoms with E-state index in [1.54, 1.807) is 0 Å². The van der Waals surface area contributed by atoms with Crippen molar-refractivity contribution in [3.63, 3.8) is 0 Å². The lowest BCUT2D eigenvalue weighted by atomic mass is 10.1. The van der Waals surface area contributed by atoms with Gasteiger partial charge < -0.3 is 14.7 Å². The number of carbonyl (C=O) groups excluding carboxylic acids is 2. The number of nitro benzene ring substituents is 1. The SMILES string of the molecule is COC(=O)C1CC(=O)N(c2ccc([N+](=O)[O-])cc2CO)C1. The summed E-state index contributed by atoms with van der Waals surface area (Å²) < 4.78 is 4.62. The second kappa shape index (κ2) is 5.88. The van der Waals surface area contributed by atoms with E-state index in [1.807, 2.05) is 0 Å². The fourth-order valence-electron chi connectivity index (χ4n) is 2.34. The van der Waals surface area contributed by atoms with Crippen molar-refractivity contribution in [2.24, 2.45) is 5.92 Å². The third-order valence-electron chi connectivity index (χ3n) is 3.39. The number of anilines is 1. The van der Waals surface area contributed by atoms with E-state index < -0.39 is 23.4 Å². The third kappa shape index (κ3) is 2.84. The highest BCUT2D eigenvalue weighted by atomic mass is 16.6. The number of benzene rings is 1. The third-order valence-corrected chi connectivity index (χ3v) is 3.39. The summed E-state index contributed by atoms with van der Waals surface area (Å²) in [5.74, 6) is -1.32. The Labute approximate surface area is 120 Å². The van der Waals surface area contributed by atoms with Gasteiger partial charge in [0.25, 0.3) is 5.69 Å². The number of nitrogens with zero attached hydrogens (tertiary/aromatic N) is 2. The van der Waals surface area contributed by atoms with Crippen LogP contribution in [-0.2, 0) is 20.9 Å². The molecule has 1 aliphatic heterocycles. The Morgan fingerprint density at radius 2 is 2.29 bits per heavy atom. The van der Waals surface area contributed by atoms with Crippen LogP contribution in [0, 0.1) is 16.0 Å². The summed E-state index contributed by atoms with van der Waals surface area (Å²) in [4.78, 5) is 35.0. The van der Waals surface area contributed by atoms with Crippen molar-refractivity contribution in [3.05, 3.63) is 33.9 Å². The Hall–Kier alpha value is -2.48. The maximum absolute atomic E-state index is 12.0. The molecule has 0 bridgehead atoms. The van der Waals surface area contributed by atoms with Crippen LogP contribution in [0.3, 0.4) is 0 Å². The Kier molecular flexibility index (Phi) is 4.18. The summed E-state index contributed by atoms with van der Waals surface area (Å²) in [7, 11) is 1.25. The van der Waals surface area contributed by atoms with E-state index in [9.17, 15) is 24.8 Å². The van der Waals surface area contributed by atoms with E-state index in [1.165, 1.54) is 30.2 Å². The smallest absolute Gasteiger partial charge is 0.311 e.